The Morgan fingerprint density at radius 3 is 2.50 bits per heavy atom. The van der Waals surface area contributed by atoms with E-state index in [9.17, 15) is 4.79 Å². The van der Waals surface area contributed by atoms with Crippen molar-refractivity contribution in [1.29, 1.82) is 0 Å². The van der Waals surface area contributed by atoms with Crippen molar-refractivity contribution >= 4 is 5.78 Å². The van der Waals surface area contributed by atoms with Gasteiger partial charge in [0.15, 0.2) is 5.78 Å². The van der Waals surface area contributed by atoms with E-state index >= 15 is 0 Å². The zero-order chi connectivity index (χ0) is 12.3. The van der Waals surface area contributed by atoms with E-state index in [-0.39, 0.29) is 11.7 Å². The molecule has 88 valence electrons. The van der Waals surface area contributed by atoms with Gasteiger partial charge in [0, 0.05) is 5.92 Å². The van der Waals surface area contributed by atoms with Crippen LogP contribution in [-0.2, 0) is 0 Å². The Balaban J connectivity index is 3.26. The number of benzene rings is 1. The predicted octanol–water partition coefficient (Wildman–Crippen LogP) is 3.54. The summed E-state index contributed by atoms with van der Waals surface area (Å²) in [7, 11) is 1.61. The molecule has 0 fully saturated rings. The zero-order valence-electron chi connectivity index (χ0n) is 10.8. The molecule has 0 aliphatic heterocycles. The van der Waals surface area contributed by atoms with Crippen molar-refractivity contribution in [2.75, 3.05) is 7.11 Å². The second-order valence-electron chi connectivity index (χ2n) is 4.33. The second-order valence-corrected chi connectivity index (χ2v) is 4.33. The first-order valence-corrected chi connectivity index (χ1v) is 5.70. The van der Waals surface area contributed by atoms with Crippen molar-refractivity contribution in [3.63, 3.8) is 0 Å². The van der Waals surface area contributed by atoms with Gasteiger partial charge in [-0.1, -0.05) is 19.9 Å². The number of aryl methyl sites for hydroxylation is 2. The van der Waals surface area contributed by atoms with Gasteiger partial charge in [-0.3, -0.25) is 4.79 Å². The van der Waals surface area contributed by atoms with Crippen molar-refractivity contribution in [3.8, 4) is 5.75 Å². The van der Waals surface area contributed by atoms with Crippen LogP contribution < -0.4 is 4.74 Å². The zero-order valence-corrected chi connectivity index (χ0v) is 10.8. The monoisotopic (exact) mass is 220 g/mol. The van der Waals surface area contributed by atoms with E-state index in [1.807, 2.05) is 39.8 Å². The van der Waals surface area contributed by atoms with Crippen LogP contribution in [-0.4, -0.2) is 12.9 Å². The van der Waals surface area contributed by atoms with Gasteiger partial charge in [0.05, 0.1) is 12.7 Å². The lowest BCUT2D eigenvalue weighted by atomic mass is 9.92. The van der Waals surface area contributed by atoms with Crippen LogP contribution in [0.15, 0.2) is 12.1 Å². The molecule has 1 rings (SSSR count). The summed E-state index contributed by atoms with van der Waals surface area (Å²) in [6.07, 6.45) is 0.856. The number of rotatable bonds is 4. The number of hydrogen-bond donors (Lipinski definition) is 0. The Bertz CT molecular complexity index is 394. The van der Waals surface area contributed by atoms with Gasteiger partial charge in [-0.25, -0.2) is 0 Å². The predicted molar refractivity (Wildman–Crippen MR) is 66.3 cm³/mol. The number of ketones is 1. The van der Waals surface area contributed by atoms with E-state index < -0.39 is 0 Å². The molecule has 1 aromatic rings. The molecular formula is C14H20O2. The maximum atomic E-state index is 12.2. The highest BCUT2D eigenvalue weighted by molar-refractivity contribution is 6.01. The summed E-state index contributed by atoms with van der Waals surface area (Å²) in [4.78, 5) is 12.2. The Hall–Kier alpha value is -1.31. The fourth-order valence-electron chi connectivity index (χ4n) is 1.84. The Morgan fingerprint density at radius 1 is 1.38 bits per heavy atom. The molecule has 0 saturated heterocycles. The van der Waals surface area contributed by atoms with Gasteiger partial charge in [0.1, 0.15) is 5.75 Å². The van der Waals surface area contributed by atoms with Crippen LogP contribution in [0.2, 0.25) is 0 Å². The summed E-state index contributed by atoms with van der Waals surface area (Å²) in [5.74, 6) is 0.926. The SMILES string of the molecule is CCC(C)C(=O)c1c(C)cc(C)cc1OC. The van der Waals surface area contributed by atoms with Gasteiger partial charge in [0.2, 0.25) is 0 Å². The van der Waals surface area contributed by atoms with Gasteiger partial charge in [-0.15, -0.1) is 0 Å². The molecule has 0 spiro atoms. The highest BCUT2D eigenvalue weighted by Gasteiger charge is 2.20. The third kappa shape index (κ3) is 2.43. The van der Waals surface area contributed by atoms with E-state index in [0.29, 0.717) is 5.75 Å². The first-order valence-electron chi connectivity index (χ1n) is 5.70. The molecule has 1 aromatic carbocycles. The van der Waals surface area contributed by atoms with E-state index in [1.54, 1.807) is 7.11 Å². The van der Waals surface area contributed by atoms with Gasteiger partial charge >= 0.3 is 0 Å². The topological polar surface area (TPSA) is 26.3 Å². The average Bonchev–Trinajstić information content (AvgIpc) is 2.26. The van der Waals surface area contributed by atoms with Crippen LogP contribution >= 0.6 is 0 Å². The quantitative estimate of drug-likeness (QED) is 0.725. The minimum atomic E-state index is 0.0512. The third-order valence-electron chi connectivity index (χ3n) is 2.97. The maximum Gasteiger partial charge on any atom is 0.169 e. The molecule has 0 aliphatic rings. The molecule has 0 N–H and O–H groups in total. The fourth-order valence-corrected chi connectivity index (χ4v) is 1.84. The van der Waals surface area contributed by atoms with Crippen molar-refractivity contribution in [2.24, 2.45) is 5.92 Å². The number of ether oxygens (including phenoxy) is 1. The smallest absolute Gasteiger partial charge is 0.169 e. The van der Waals surface area contributed by atoms with Crippen molar-refractivity contribution in [2.45, 2.75) is 34.1 Å². The summed E-state index contributed by atoms with van der Waals surface area (Å²) < 4.78 is 5.30. The molecule has 2 heteroatoms. The largest absolute Gasteiger partial charge is 0.496 e. The normalized spacial score (nSPS) is 12.3. The summed E-state index contributed by atoms with van der Waals surface area (Å²) >= 11 is 0. The number of Topliss-reactive ketones (excluding diaryl/α,β-unsaturated/α-hetero) is 1. The number of carbonyl (C=O) groups excluding carboxylic acids is 1. The van der Waals surface area contributed by atoms with E-state index in [4.69, 9.17) is 4.74 Å². The second kappa shape index (κ2) is 5.15. The first-order chi connectivity index (χ1) is 7.51. The first kappa shape index (κ1) is 12.8. The Kier molecular flexibility index (Phi) is 4.11. The fraction of sp³-hybridized carbons (Fsp3) is 0.500. The van der Waals surface area contributed by atoms with Crippen LogP contribution in [0.1, 0.15) is 41.8 Å². The number of methoxy groups -OCH3 is 1. The molecule has 1 unspecified atom stereocenters. The number of hydrogen-bond acceptors (Lipinski definition) is 2. The third-order valence-corrected chi connectivity index (χ3v) is 2.97. The molecule has 1 atom stereocenters. The maximum absolute atomic E-state index is 12.2. The van der Waals surface area contributed by atoms with Crippen molar-refractivity contribution in [1.82, 2.24) is 0 Å². The van der Waals surface area contributed by atoms with E-state index in [0.717, 1.165) is 23.1 Å². The lowest BCUT2D eigenvalue weighted by Crippen LogP contribution is -2.13. The summed E-state index contributed by atoms with van der Waals surface area (Å²) in [5, 5.41) is 0. The summed E-state index contributed by atoms with van der Waals surface area (Å²) in [5.41, 5.74) is 2.86. The average molecular weight is 220 g/mol. The lowest BCUT2D eigenvalue weighted by molar-refractivity contribution is 0.0923. The Labute approximate surface area is 97.6 Å². The summed E-state index contributed by atoms with van der Waals surface area (Å²) in [6.45, 7) is 7.96. The molecule has 0 radical (unpaired) electrons. The van der Waals surface area contributed by atoms with E-state index in [1.165, 1.54) is 0 Å². The van der Waals surface area contributed by atoms with Crippen LogP contribution in [0.4, 0.5) is 0 Å². The summed E-state index contributed by atoms with van der Waals surface area (Å²) in [6, 6.07) is 3.95. The van der Waals surface area contributed by atoms with Crippen molar-refractivity contribution < 1.29 is 9.53 Å². The van der Waals surface area contributed by atoms with E-state index in [2.05, 4.69) is 0 Å². The Morgan fingerprint density at radius 2 is 2.00 bits per heavy atom. The van der Waals surface area contributed by atoms with Gasteiger partial charge in [-0.05, 0) is 37.5 Å². The highest BCUT2D eigenvalue weighted by Crippen LogP contribution is 2.27. The lowest BCUT2D eigenvalue weighted by Gasteiger charge is -2.15. The molecular weight excluding hydrogens is 200 g/mol. The standard InChI is InChI=1S/C14H20O2/c1-6-10(3)14(15)13-11(4)7-9(2)8-12(13)16-5/h7-8,10H,6H2,1-5H3. The molecule has 0 bridgehead atoms. The minimum Gasteiger partial charge on any atom is -0.496 e. The number of carbonyl (C=O) groups is 1. The molecule has 0 heterocycles. The highest BCUT2D eigenvalue weighted by atomic mass is 16.5. The van der Waals surface area contributed by atoms with Crippen molar-refractivity contribution in [3.05, 3.63) is 28.8 Å². The van der Waals surface area contributed by atoms with Gasteiger partial charge in [-0.2, -0.15) is 0 Å². The molecule has 0 amide bonds. The molecule has 16 heavy (non-hydrogen) atoms. The molecule has 0 saturated carbocycles. The van der Waals surface area contributed by atoms with Crippen LogP contribution in [0.3, 0.4) is 0 Å². The van der Waals surface area contributed by atoms with Gasteiger partial charge < -0.3 is 4.74 Å². The molecule has 2 nitrogen and oxygen atoms in total. The minimum absolute atomic E-state index is 0.0512. The van der Waals surface area contributed by atoms with Crippen LogP contribution in [0, 0.1) is 19.8 Å². The van der Waals surface area contributed by atoms with Crippen LogP contribution in [0.5, 0.6) is 5.75 Å². The molecule has 0 aromatic heterocycles. The van der Waals surface area contributed by atoms with Gasteiger partial charge in [0.25, 0.3) is 0 Å². The molecule has 0 aliphatic carbocycles. The van der Waals surface area contributed by atoms with Crippen LogP contribution in [0.25, 0.3) is 0 Å².